The van der Waals surface area contributed by atoms with Gasteiger partial charge in [0.25, 0.3) is 0 Å². The van der Waals surface area contributed by atoms with E-state index >= 15 is 0 Å². The fraction of sp³-hybridized carbons (Fsp3) is 0.200. The predicted octanol–water partition coefficient (Wildman–Crippen LogP) is 2.53. The van der Waals surface area contributed by atoms with E-state index in [1.54, 1.807) is 0 Å². The first-order valence-electron chi connectivity index (χ1n) is 3.02. The van der Waals surface area contributed by atoms with Crippen LogP contribution in [0.5, 0.6) is 0 Å². The van der Waals surface area contributed by atoms with Crippen molar-refractivity contribution in [2.75, 3.05) is 0 Å². The molecule has 0 fully saturated rings. The largest absolute Gasteiger partial charge is 0.335 e. The van der Waals surface area contributed by atoms with Crippen molar-refractivity contribution in [1.29, 1.82) is 0 Å². The second-order valence-electron chi connectivity index (χ2n) is 2.17. The molecule has 0 atom stereocenters. The van der Waals surface area contributed by atoms with Crippen LogP contribution in [0.3, 0.4) is 0 Å². The molecule has 1 aromatic heterocycles. The zero-order valence-electron chi connectivity index (χ0n) is 6.31. The SMILES string of the molecule is Cc1c([N+](=O)[O-])sc(Cl)c1[N+](=O)[O-]. The molecule has 0 amide bonds. The van der Waals surface area contributed by atoms with Gasteiger partial charge in [0.2, 0.25) is 0 Å². The molecule has 0 saturated carbocycles. The molecule has 0 radical (unpaired) electrons. The van der Waals surface area contributed by atoms with Gasteiger partial charge >= 0.3 is 10.7 Å². The Morgan fingerprint density at radius 2 is 1.85 bits per heavy atom. The molecule has 8 heteroatoms. The first-order chi connectivity index (χ1) is 5.95. The Hall–Kier alpha value is -1.21. The lowest BCUT2D eigenvalue weighted by molar-refractivity contribution is -0.391. The Morgan fingerprint density at radius 1 is 1.31 bits per heavy atom. The minimum Gasteiger partial charge on any atom is -0.258 e. The van der Waals surface area contributed by atoms with E-state index in [2.05, 4.69) is 0 Å². The number of thiophene rings is 1. The van der Waals surface area contributed by atoms with Crippen molar-refractivity contribution in [3.05, 3.63) is 30.1 Å². The van der Waals surface area contributed by atoms with E-state index in [0.29, 0.717) is 11.3 Å². The van der Waals surface area contributed by atoms with E-state index in [-0.39, 0.29) is 20.6 Å². The molecule has 0 aliphatic rings. The van der Waals surface area contributed by atoms with Gasteiger partial charge in [-0.25, -0.2) is 0 Å². The molecular formula is C5H3ClN2O4S. The van der Waals surface area contributed by atoms with Crippen LogP contribution in [0.1, 0.15) is 5.56 Å². The Balaban J connectivity index is 3.39. The number of nitro groups is 2. The van der Waals surface area contributed by atoms with Gasteiger partial charge in [0, 0.05) is 0 Å². The number of hydrogen-bond acceptors (Lipinski definition) is 5. The van der Waals surface area contributed by atoms with Crippen molar-refractivity contribution < 1.29 is 9.85 Å². The van der Waals surface area contributed by atoms with Crippen molar-refractivity contribution in [2.24, 2.45) is 0 Å². The van der Waals surface area contributed by atoms with E-state index in [4.69, 9.17) is 11.6 Å². The summed E-state index contributed by atoms with van der Waals surface area (Å²) in [5, 5.41) is 20.4. The van der Waals surface area contributed by atoms with Gasteiger partial charge in [0.1, 0.15) is 5.56 Å². The fourth-order valence-corrected chi connectivity index (χ4v) is 2.09. The monoisotopic (exact) mass is 222 g/mol. The van der Waals surface area contributed by atoms with Gasteiger partial charge < -0.3 is 0 Å². The van der Waals surface area contributed by atoms with Crippen molar-refractivity contribution in [2.45, 2.75) is 6.92 Å². The zero-order valence-corrected chi connectivity index (χ0v) is 7.89. The van der Waals surface area contributed by atoms with Crippen LogP contribution in [0, 0.1) is 27.2 Å². The molecule has 0 bridgehead atoms. The molecule has 1 rings (SSSR count). The molecule has 6 nitrogen and oxygen atoms in total. The topological polar surface area (TPSA) is 86.3 Å². The smallest absolute Gasteiger partial charge is 0.258 e. The summed E-state index contributed by atoms with van der Waals surface area (Å²) in [7, 11) is 0. The molecule has 70 valence electrons. The molecule has 13 heavy (non-hydrogen) atoms. The normalized spacial score (nSPS) is 10.0. The maximum atomic E-state index is 10.4. The lowest BCUT2D eigenvalue weighted by atomic mass is 10.3. The molecule has 0 N–H and O–H groups in total. The number of nitrogens with zero attached hydrogens (tertiary/aromatic N) is 2. The van der Waals surface area contributed by atoms with E-state index in [1.807, 2.05) is 0 Å². The molecule has 0 saturated heterocycles. The number of halogens is 1. The van der Waals surface area contributed by atoms with Crippen LogP contribution in [0.15, 0.2) is 0 Å². The molecule has 0 aromatic carbocycles. The summed E-state index contributed by atoms with van der Waals surface area (Å²) in [5.74, 6) is 0. The third-order valence-electron chi connectivity index (χ3n) is 1.40. The molecule has 0 unspecified atom stereocenters. The number of rotatable bonds is 2. The Labute approximate surface area is 81.0 Å². The van der Waals surface area contributed by atoms with Gasteiger partial charge in [0.15, 0.2) is 4.34 Å². The second-order valence-corrected chi connectivity index (χ2v) is 3.77. The zero-order chi connectivity index (χ0) is 10.2. The Morgan fingerprint density at radius 3 is 2.08 bits per heavy atom. The third kappa shape index (κ3) is 1.61. The van der Waals surface area contributed by atoms with Crippen LogP contribution in [-0.4, -0.2) is 9.85 Å². The van der Waals surface area contributed by atoms with E-state index in [1.165, 1.54) is 6.92 Å². The summed E-state index contributed by atoms with van der Waals surface area (Å²) in [5.41, 5.74) is -0.372. The summed E-state index contributed by atoms with van der Waals surface area (Å²) in [6.45, 7) is 1.30. The maximum absolute atomic E-state index is 10.4. The van der Waals surface area contributed by atoms with Gasteiger partial charge in [0.05, 0.1) is 9.85 Å². The van der Waals surface area contributed by atoms with Crippen LogP contribution in [0.25, 0.3) is 0 Å². The van der Waals surface area contributed by atoms with Crippen LogP contribution < -0.4 is 0 Å². The lowest BCUT2D eigenvalue weighted by Crippen LogP contribution is -1.90. The lowest BCUT2D eigenvalue weighted by Gasteiger charge is -1.87. The average molecular weight is 223 g/mol. The Kier molecular flexibility index (Phi) is 2.48. The molecule has 1 heterocycles. The molecule has 1 aromatic rings. The molecule has 0 aliphatic heterocycles. The van der Waals surface area contributed by atoms with Crippen molar-refractivity contribution in [1.82, 2.24) is 0 Å². The first-order valence-corrected chi connectivity index (χ1v) is 4.22. The van der Waals surface area contributed by atoms with Crippen molar-refractivity contribution in [3.8, 4) is 0 Å². The van der Waals surface area contributed by atoms with E-state index in [0.717, 1.165) is 0 Å². The minimum absolute atomic E-state index is 0.00463. The van der Waals surface area contributed by atoms with Crippen LogP contribution >= 0.6 is 22.9 Å². The summed E-state index contributed by atoms with van der Waals surface area (Å²) in [6.07, 6.45) is 0. The summed E-state index contributed by atoms with van der Waals surface area (Å²) >= 11 is 6.06. The quantitative estimate of drug-likeness (QED) is 0.568. The molecule has 0 aliphatic carbocycles. The average Bonchev–Trinajstić information content (AvgIpc) is 2.26. The number of hydrogen-bond donors (Lipinski definition) is 0. The minimum atomic E-state index is -0.721. The van der Waals surface area contributed by atoms with Crippen molar-refractivity contribution in [3.63, 3.8) is 0 Å². The van der Waals surface area contributed by atoms with Gasteiger partial charge in [-0.2, -0.15) is 0 Å². The van der Waals surface area contributed by atoms with Crippen LogP contribution in [0.2, 0.25) is 4.34 Å². The molecular weight excluding hydrogens is 220 g/mol. The maximum Gasteiger partial charge on any atom is 0.335 e. The van der Waals surface area contributed by atoms with Gasteiger partial charge in [-0.3, -0.25) is 20.2 Å². The highest BCUT2D eigenvalue weighted by Crippen LogP contribution is 2.42. The fourth-order valence-electron chi connectivity index (χ4n) is 0.841. The third-order valence-corrected chi connectivity index (χ3v) is 2.83. The van der Waals surface area contributed by atoms with Gasteiger partial charge in [-0.05, 0) is 18.3 Å². The highest BCUT2D eigenvalue weighted by Gasteiger charge is 2.29. The Bertz CT molecular complexity index is 388. The standard InChI is InChI=1S/C5H3ClN2O4S/c1-2-3(7(9)10)4(6)13-5(2)8(11)12/h1H3. The summed E-state index contributed by atoms with van der Waals surface area (Å²) in [6, 6.07) is 0. The highest BCUT2D eigenvalue weighted by molar-refractivity contribution is 7.20. The van der Waals surface area contributed by atoms with E-state index in [9.17, 15) is 20.2 Å². The van der Waals surface area contributed by atoms with Gasteiger partial charge in [-0.1, -0.05) is 11.6 Å². The van der Waals surface area contributed by atoms with Crippen LogP contribution in [0.4, 0.5) is 10.7 Å². The summed E-state index contributed by atoms with van der Waals surface area (Å²) < 4.78 is -0.158. The van der Waals surface area contributed by atoms with Crippen LogP contribution in [-0.2, 0) is 0 Å². The summed E-state index contributed by atoms with van der Waals surface area (Å²) in [4.78, 5) is 19.3. The highest BCUT2D eigenvalue weighted by atomic mass is 35.5. The second kappa shape index (κ2) is 3.27. The van der Waals surface area contributed by atoms with E-state index < -0.39 is 9.85 Å². The predicted molar refractivity (Wildman–Crippen MR) is 47.4 cm³/mol. The van der Waals surface area contributed by atoms with Crippen molar-refractivity contribution >= 4 is 33.6 Å². The van der Waals surface area contributed by atoms with Gasteiger partial charge in [-0.15, -0.1) is 0 Å². The molecule has 0 spiro atoms. The first kappa shape index (κ1) is 9.87.